The van der Waals surface area contributed by atoms with Crippen molar-refractivity contribution in [2.24, 2.45) is 5.84 Å². The number of nitrogen functional groups attached to an aromatic ring is 1. The Morgan fingerprint density at radius 1 is 1.41 bits per heavy atom. The van der Waals surface area contributed by atoms with Gasteiger partial charge in [0, 0.05) is 10.4 Å². The molecule has 2 rings (SSSR count). The summed E-state index contributed by atoms with van der Waals surface area (Å²) in [6.07, 6.45) is 0.893. The van der Waals surface area contributed by atoms with Crippen LogP contribution in [0.2, 0.25) is 5.02 Å². The molecule has 0 aliphatic rings. The number of nitrogens with one attached hydrogen (secondary N) is 1. The molecule has 92 valence electrons. The number of aromatic nitrogens is 1. The van der Waals surface area contributed by atoms with Crippen LogP contribution in [0.4, 0.5) is 5.82 Å². The molecule has 2 aromatic rings. The van der Waals surface area contributed by atoms with Crippen LogP contribution in [0.15, 0.2) is 18.2 Å². The highest BCUT2D eigenvalue weighted by Gasteiger charge is 2.08. The van der Waals surface area contributed by atoms with E-state index in [9.17, 15) is 0 Å². The summed E-state index contributed by atoms with van der Waals surface area (Å²) >= 11 is 6.07. The lowest BCUT2D eigenvalue weighted by Gasteiger charge is -2.10. The van der Waals surface area contributed by atoms with Gasteiger partial charge in [-0.05, 0) is 36.6 Å². The van der Waals surface area contributed by atoms with Crippen LogP contribution in [0.5, 0.6) is 0 Å². The fraction of sp³-hybridized carbons (Fsp3) is 0.250. The lowest BCUT2D eigenvalue weighted by atomic mass is 10.1. The Balaban J connectivity index is 0.00000144. The molecule has 5 heteroatoms. The number of fused-ring (bicyclic) bond motifs is 1. The quantitative estimate of drug-likeness (QED) is 0.650. The number of nitrogens with zero attached hydrogens (tertiary/aromatic N) is 1. The molecule has 17 heavy (non-hydrogen) atoms. The van der Waals surface area contributed by atoms with Crippen LogP contribution < -0.4 is 11.3 Å². The van der Waals surface area contributed by atoms with E-state index in [1.54, 1.807) is 0 Å². The average Bonchev–Trinajstić information content (AvgIpc) is 2.32. The lowest BCUT2D eigenvalue weighted by Crippen LogP contribution is -2.11. The summed E-state index contributed by atoms with van der Waals surface area (Å²) in [6.45, 7) is 4.04. The molecule has 0 saturated heterocycles. The van der Waals surface area contributed by atoms with Gasteiger partial charge in [0.1, 0.15) is 5.82 Å². The molecule has 0 aliphatic carbocycles. The molecule has 3 N–H and O–H groups in total. The Kier molecular flexibility index (Phi) is 4.57. The monoisotopic (exact) mass is 271 g/mol. The average molecular weight is 272 g/mol. The number of benzene rings is 1. The summed E-state index contributed by atoms with van der Waals surface area (Å²) in [5, 5.41) is 1.82. The SMILES string of the molecule is CCc1cc2ccc(Cl)c(C)c2nc1NN.Cl. The zero-order valence-corrected chi connectivity index (χ0v) is 11.3. The van der Waals surface area contributed by atoms with Gasteiger partial charge in [-0.25, -0.2) is 10.8 Å². The smallest absolute Gasteiger partial charge is 0.143 e. The van der Waals surface area contributed by atoms with E-state index in [2.05, 4.69) is 23.4 Å². The fourth-order valence-electron chi connectivity index (χ4n) is 1.80. The van der Waals surface area contributed by atoms with Gasteiger partial charge in [0.25, 0.3) is 0 Å². The first-order valence-electron chi connectivity index (χ1n) is 5.22. The number of hydrogen-bond donors (Lipinski definition) is 2. The van der Waals surface area contributed by atoms with Gasteiger partial charge in [-0.15, -0.1) is 12.4 Å². The first-order chi connectivity index (χ1) is 7.67. The molecule has 0 atom stereocenters. The van der Waals surface area contributed by atoms with Crippen LogP contribution in [-0.4, -0.2) is 4.98 Å². The zero-order valence-electron chi connectivity index (χ0n) is 9.75. The molecular formula is C12H15Cl2N3. The van der Waals surface area contributed by atoms with Crippen molar-refractivity contribution in [3.63, 3.8) is 0 Å². The van der Waals surface area contributed by atoms with Gasteiger partial charge in [0.05, 0.1) is 5.52 Å². The second-order valence-electron chi connectivity index (χ2n) is 3.74. The molecule has 0 saturated carbocycles. The number of rotatable bonds is 2. The number of aryl methyl sites for hydroxylation is 2. The minimum absolute atomic E-state index is 0. The Bertz CT molecular complexity index is 541. The number of nitrogens with two attached hydrogens (primary N) is 1. The summed E-state index contributed by atoms with van der Waals surface area (Å²) in [5.41, 5.74) is 5.62. The molecule has 0 aliphatic heterocycles. The number of anilines is 1. The van der Waals surface area contributed by atoms with E-state index in [-0.39, 0.29) is 12.4 Å². The first kappa shape index (κ1) is 14.0. The van der Waals surface area contributed by atoms with E-state index in [0.29, 0.717) is 0 Å². The van der Waals surface area contributed by atoms with E-state index < -0.39 is 0 Å². The minimum atomic E-state index is 0. The maximum Gasteiger partial charge on any atom is 0.143 e. The molecule has 0 amide bonds. The van der Waals surface area contributed by atoms with Crippen molar-refractivity contribution in [3.8, 4) is 0 Å². The molecule has 0 bridgehead atoms. The van der Waals surface area contributed by atoms with Crippen molar-refractivity contribution in [2.45, 2.75) is 20.3 Å². The van der Waals surface area contributed by atoms with Crippen molar-refractivity contribution in [1.29, 1.82) is 0 Å². The van der Waals surface area contributed by atoms with E-state index in [1.165, 1.54) is 0 Å². The largest absolute Gasteiger partial charge is 0.308 e. The third kappa shape index (κ3) is 2.46. The maximum atomic E-state index is 6.07. The maximum absolute atomic E-state index is 6.07. The summed E-state index contributed by atoms with van der Waals surface area (Å²) in [7, 11) is 0. The van der Waals surface area contributed by atoms with E-state index in [0.717, 1.165) is 39.3 Å². The Labute approximate surface area is 112 Å². The zero-order chi connectivity index (χ0) is 11.7. The van der Waals surface area contributed by atoms with Crippen molar-refractivity contribution in [3.05, 3.63) is 34.3 Å². The van der Waals surface area contributed by atoms with Gasteiger partial charge < -0.3 is 5.43 Å². The number of hydrogen-bond acceptors (Lipinski definition) is 3. The second kappa shape index (κ2) is 5.54. The molecule has 1 aromatic carbocycles. The van der Waals surface area contributed by atoms with Crippen LogP contribution in [0.1, 0.15) is 18.1 Å². The highest BCUT2D eigenvalue weighted by molar-refractivity contribution is 6.32. The minimum Gasteiger partial charge on any atom is -0.308 e. The van der Waals surface area contributed by atoms with Crippen LogP contribution in [-0.2, 0) is 6.42 Å². The van der Waals surface area contributed by atoms with Crippen LogP contribution in [0, 0.1) is 6.92 Å². The predicted octanol–water partition coefficient (Wildman–Crippen LogP) is 3.47. The molecule has 3 nitrogen and oxygen atoms in total. The first-order valence-corrected chi connectivity index (χ1v) is 5.60. The fourth-order valence-corrected chi connectivity index (χ4v) is 1.95. The van der Waals surface area contributed by atoms with Gasteiger partial charge in [-0.3, -0.25) is 0 Å². The van der Waals surface area contributed by atoms with Crippen molar-refractivity contribution in [1.82, 2.24) is 4.98 Å². The topological polar surface area (TPSA) is 50.9 Å². The van der Waals surface area contributed by atoms with Crippen molar-refractivity contribution < 1.29 is 0 Å². The summed E-state index contributed by atoms with van der Waals surface area (Å²) in [4.78, 5) is 4.50. The van der Waals surface area contributed by atoms with Crippen LogP contribution in [0.3, 0.4) is 0 Å². The van der Waals surface area contributed by atoms with Gasteiger partial charge in [-0.1, -0.05) is 24.6 Å². The normalized spacial score (nSPS) is 10.1. The van der Waals surface area contributed by atoms with Gasteiger partial charge in [0.15, 0.2) is 0 Å². The summed E-state index contributed by atoms with van der Waals surface area (Å²) in [5.74, 6) is 6.18. The summed E-state index contributed by atoms with van der Waals surface area (Å²) < 4.78 is 0. The second-order valence-corrected chi connectivity index (χ2v) is 4.15. The molecular weight excluding hydrogens is 257 g/mol. The van der Waals surface area contributed by atoms with Crippen molar-refractivity contribution in [2.75, 3.05) is 5.43 Å². The molecule has 1 aromatic heterocycles. The molecule has 0 radical (unpaired) electrons. The van der Waals surface area contributed by atoms with E-state index >= 15 is 0 Å². The number of pyridine rings is 1. The van der Waals surface area contributed by atoms with Crippen LogP contribution >= 0.6 is 24.0 Å². The Morgan fingerprint density at radius 2 is 2.12 bits per heavy atom. The Hall–Kier alpha value is -1.03. The number of halogens is 2. The third-order valence-corrected chi connectivity index (χ3v) is 3.18. The molecule has 0 spiro atoms. The van der Waals surface area contributed by atoms with Gasteiger partial charge in [-0.2, -0.15) is 0 Å². The third-order valence-electron chi connectivity index (χ3n) is 2.77. The van der Waals surface area contributed by atoms with Gasteiger partial charge >= 0.3 is 0 Å². The van der Waals surface area contributed by atoms with Crippen LogP contribution in [0.25, 0.3) is 10.9 Å². The summed E-state index contributed by atoms with van der Waals surface area (Å²) in [6, 6.07) is 5.98. The Morgan fingerprint density at radius 3 is 2.71 bits per heavy atom. The van der Waals surface area contributed by atoms with E-state index in [1.807, 2.05) is 19.1 Å². The molecule has 1 heterocycles. The van der Waals surface area contributed by atoms with Crippen molar-refractivity contribution >= 4 is 40.7 Å². The number of hydrazine groups is 1. The predicted molar refractivity (Wildman–Crippen MR) is 75.9 cm³/mol. The lowest BCUT2D eigenvalue weighted by molar-refractivity contribution is 1.10. The molecule has 0 unspecified atom stereocenters. The highest BCUT2D eigenvalue weighted by atomic mass is 35.5. The van der Waals surface area contributed by atoms with Gasteiger partial charge in [0.2, 0.25) is 0 Å². The highest BCUT2D eigenvalue weighted by Crippen LogP contribution is 2.27. The molecule has 0 fully saturated rings. The standard InChI is InChI=1S/C12H14ClN3.ClH/c1-3-8-6-9-4-5-10(13)7(2)11(9)15-12(8)16-14;/h4-6H,3,14H2,1-2H3,(H,15,16);1H. The van der Waals surface area contributed by atoms with E-state index in [4.69, 9.17) is 17.4 Å².